The number of halogens is 1. The first kappa shape index (κ1) is 25.5. The van der Waals surface area contributed by atoms with Gasteiger partial charge in [-0.15, -0.1) is 24.0 Å². The third-order valence-corrected chi connectivity index (χ3v) is 2.96. The predicted molar refractivity (Wildman–Crippen MR) is 109 cm³/mol. The molecule has 0 bridgehead atoms. The summed E-state index contributed by atoms with van der Waals surface area (Å²) in [6.07, 6.45) is -0.332. The second-order valence-corrected chi connectivity index (χ2v) is 6.99. The van der Waals surface area contributed by atoms with Crippen molar-refractivity contribution in [3.05, 3.63) is 0 Å². The molecule has 0 radical (unpaired) electrons. The number of carbonyl (C=O) groups excluding carboxylic acids is 1. The molecule has 1 amide bonds. The van der Waals surface area contributed by atoms with Crippen LogP contribution in [0.2, 0.25) is 0 Å². The van der Waals surface area contributed by atoms with Gasteiger partial charge in [-0.1, -0.05) is 0 Å². The van der Waals surface area contributed by atoms with Gasteiger partial charge < -0.3 is 25.0 Å². The highest BCUT2D eigenvalue weighted by Gasteiger charge is 2.19. The number of hydrogen-bond donors (Lipinski definition) is 2. The van der Waals surface area contributed by atoms with Crippen molar-refractivity contribution < 1.29 is 14.3 Å². The van der Waals surface area contributed by atoms with Crippen LogP contribution in [0.15, 0.2) is 4.99 Å². The van der Waals surface area contributed by atoms with E-state index in [1.54, 1.807) is 19.1 Å². The number of nitrogens with one attached hydrogen (secondary N) is 2. The fraction of sp³-hybridized carbons (Fsp3) is 0.875. The molecule has 8 heteroatoms. The number of likely N-dealkylation sites (N-methyl/N-ethyl adjacent to an activating group) is 1. The number of methoxy groups -OCH3 is 1. The van der Waals surface area contributed by atoms with Crippen molar-refractivity contribution in [2.75, 3.05) is 40.3 Å². The van der Waals surface area contributed by atoms with Gasteiger partial charge in [0.1, 0.15) is 5.60 Å². The molecule has 144 valence electrons. The highest BCUT2D eigenvalue weighted by molar-refractivity contribution is 14.0. The van der Waals surface area contributed by atoms with Gasteiger partial charge in [-0.3, -0.25) is 4.99 Å². The number of aliphatic imine (C=N–C) groups is 1. The lowest BCUT2D eigenvalue weighted by Gasteiger charge is -2.25. The third-order valence-electron chi connectivity index (χ3n) is 2.96. The number of hydrogen-bond acceptors (Lipinski definition) is 4. The maximum absolute atomic E-state index is 11.9. The zero-order valence-corrected chi connectivity index (χ0v) is 18.7. The van der Waals surface area contributed by atoms with Gasteiger partial charge >= 0.3 is 6.09 Å². The predicted octanol–water partition coefficient (Wildman–Crippen LogP) is 2.45. The van der Waals surface area contributed by atoms with E-state index in [9.17, 15) is 4.79 Å². The molecule has 2 N–H and O–H groups in total. The molecular formula is C16H35IN4O3. The lowest BCUT2D eigenvalue weighted by Crippen LogP contribution is -2.43. The minimum atomic E-state index is -0.485. The van der Waals surface area contributed by atoms with Crippen molar-refractivity contribution >= 4 is 36.0 Å². The zero-order valence-electron chi connectivity index (χ0n) is 16.4. The summed E-state index contributed by atoms with van der Waals surface area (Å²) >= 11 is 0. The summed E-state index contributed by atoms with van der Waals surface area (Å²) in [7, 11) is 3.39. The number of carbonyl (C=O) groups is 1. The van der Waals surface area contributed by atoms with Crippen LogP contribution >= 0.6 is 24.0 Å². The summed E-state index contributed by atoms with van der Waals surface area (Å²) in [4.78, 5) is 17.9. The van der Waals surface area contributed by atoms with E-state index in [4.69, 9.17) is 9.47 Å². The Morgan fingerprint density at radius 1 is 1.17 bits per heavy atom. The highest BCUT2D eigenvalue weighted by atomic mass is 127. The molecule has 0 rings (SSSR count). The summed E-state index contributed by atoms with van der Waals surface area (Å²) in [5.74, 6) is 0.704. The molecule has 0 aliphatic carbocycles. The number of ether oxygens (including phenoxy) is 2. The van der Waals surface area contributed by atoms with Gasteiger partial charge in [-0.25, -0.2) is 4.79 Å². The van der Waals surface area contributed by atoms with Crippen LogP contribution in [0.4, 0.5) is 4.79 Å². The first-order chi connectivity index (χ1) is 10.5. The topological polar surface area (TPSA) is 75.2 Å². The average molecular weight is 458 g/mol. The van der Waals surface area contributed by atoms with Crippen LogP contribution < -0.4 is 10.6 Å². The lowest BCUT2D eigenvalue weighted by atomic mass is 10.1. The molecule has 0 aromatic carbocycles. The standard InChI is InChI=1S/C16H34N4O3.HI/c1-9-17-13(19-12-16(5,6)22-8)18-10-11-20(7)14(21)23-15(2,3)4;/h9-12H2,1-8H3,(H2,17,18,19);1H. The van der Waals surface area contributed by atoms with E-state index in [0.717, 1.165) is 6.54 Å². The van der Waals surface area contributed by atoms with E-state index in [1.165, 1.54) is 0 Å². The minimum Gasteiger partial charge on any atom is -0.444 e. The number of nitrogens with zero attached hydrogens (tertiary/aromatic N) is 2. The summed E-state index contributed by atoms with van der Waals surface area (Å²) < 4.78 is 10.7. The van der Waals surface area contributed by atoms with E-state index >= 15 is 0 Å². The SMILES string of the molecule is CCNC(=NCC(C)(C)OC)NCCN(C)C(=O)OC(C)(C)C.I. The van der Waals surface area contributed by atoms with E-state index in [0.29, 0.717) is 25.6 Å². The third kappa shape index (κ3) is 12.6. The zero-order chi connectivity index (χ0) is 18.1. The summed E-state index contributed by atoms with van der Waals surface area (Å²) in [5.41, 5.74) is -0.795. The normalized spacial score (nSPS) is 12.2. The fourth-order valence-corrected chi connectivity index (χ4v) is 1.45. The Balaban J connectivity index is 0. The van der Waals surface area contributed by atoms with E-state index in [1.807, 2.05) is 41.5 Å². The van der Waals surface area contributed by atoms with Crippen molar-refractivity contribution in [1.82, 2.24) is 15.5 Å². The largest absolute Gasteiger partial charge is 0.444 e. The molecule has 0 atom stereocenters. The fourth-order valence-electron chi connectivity index (χ4n) is 1.45. The van der Waals surface area contributed by atoms with Crippen molar-refractivity contribution in [2.45, 2.75) is 52.7 Å². The Labute approximate surface area is 164 Å². The van der Waals surface area contributed by atoms with E-state index < -0.39 is 5.60 Å². The molecule has 0 spiro atoms. The number of guanidine groups is 1. The van der Waals surface area contributed by atoms with Crippen LogP contribution in [0, 0.1) is 0 Å². The molecular weight excluding hydrogens is 423 g/mol. The first-order valence-corrected chi connectivity index (χ1v) is 8.02. The van der Waals surface area contributed by atoms with Gasteiger partial charge in [0.05, 0.1) is 12.1 Å². The molecule has 0 fully saturated rings. The van der Waals surface area contributed by atoms with Gasteiger partial charge in [0.15, 0.2) is 5.96 Å². The second-order valence-electron chi connectivity index (χ2n) is 6.99. The van der Waals surface area contributed by atoms with Crippen LogP contribution in [0.5, 0.6) is 0 Å². The molecule has 7 nitrogen and oxygen atoms in total. The van der Waals surface area contributed by atoms with Gasteiger partial charge in [0.25, 0.3) is 0 Å². The Bertz CT molecular complexity index is 395. The molecule has 0 heterocycles. The van der Waals surface area contributed by atoms with Gasteiger partial charge in [0, 0.05) is 33.8 Å². The van der Waals surface area contributed by atoms with Crippen molar-refractivity contribution in [1.29, 1.82) is 0 Å². The Kier molecular flexibility index (Phi) is 12.4. The summed E-state index contributed by atoms with van der Waals surface area (Å²) in [6, 6.07) is 0. The molecule has 0 aromatic rings. The Morgan fingerprint density at radius 2 is 1.75 bits per heavy atom. The highest BCUT2D eigenvalue weighted by Crippen LogP contribution is 2.09. The average Bonchev–Trinajstić information content (AvgIpc) is 2.42. The minimum absolute atomic E-state index is 0. The smallest absolute Gasteiger partial charge is 0.410 e. The maximum Gasteiger partial charge on any atom is 0.410 e. The second kappa shape index (κ2) is 11.7. The Morgan fingerprint density at radius 3 is 2.21 bits per heavy atom. The quantitative estimate of drug-likeness (QED) is 0.348. The number of amides is 1. The van der Waals surface area contributed by atoms with Crippen LogP contribution in [0.1, 0.15) is 41.5 Å². The van der Waals surface area contributed by atoms with Crippen molar-refractivity contribution in [3.8, 4) is 0 Å². The molecule has 0 aromatic heterocycles. The molecule has 24 heavy (non-hydrogen) atoms. The Hall–Kier alpha value is -0.770. The summed E-state index contributed by atoms with van der Waals surface area (Å²) in [5, 5.41) is 6.37. The molecule has 0 saturated carbocycles. The van der Waals surface area contributed by atoms with Crippen molar-refractivity contribution in [3.63, 3.8) is 0 Å². The summed E-state index contributed by atoms with van der Waals surface area (Å²) in [6.45, 7) is 13.9. The molecule has 0 aliphatic rings. The van der Waals surface area contributed by atoms with Crippen LogP contribution in [-0.2, 0) is 9.47 Å². The monoisotopic (exact) mass is 458 g/mol. The molecule has 0 saturated heterocycles. The van der Waals surface area contributed by atoms with Crippen LogP contribution in [0.25, 0.3) is 0 Å². The van der Waals surface area contributed by atoms with Crippen LogP contribution in [-0.4, -0.2) is 68.5 Å². The lowest BCUT2D eigenvalue weighted by molar-refractivity contribution is 0.0302. The van der Waals surface area contributed by atoms with Crippen LogP contribution in [0.3, 0.4) is 0 Å². The van der Waals surface area contributed by atoms with Gasteiger partial charge in [-0.05, 0) is 41.5 Å². The maximum atomic E-state index is 11.9. The first-order valence-electron chi connectivity index (χ1n) is 8.02. The van der Waals surface area contributed by atoms with E-state index in [2.05, 4.69) is 15.6 Å². The molecule has 0 unspecified atom stereocenters. The van der Waals surface area contributed by atoms with Gasteiger partial charge in [0.2, 0.25) is 0 Å². The van der Waals surface area contributed by atoms with Gasteiger partial charge in [-0.2, -0.15) is 0 Å². The number of rotatable bonds is 7. The van der Waals surface area contributed by atoms with Crippen molar-refractivity contribution in [2.24, 2.45) is 4.99 Å². The molecule has 0 aliphatic heterocycles. The van der Waals surface area contributed by atoms with E-state index in [-0.39, 0.29) is 35.7 Å².